The van der Waals surface area contributed by atoms with Crippen molar-refractivity contribution in [3.8, 4) is 0 Å². The van der Waals surface area contributed by atoms with Gasteiger partial charge in [-0.25, -0.2) is 0 Å². The average Bonchev–Trinajstić information content (AvgIpc) is 1.93. The lowest BCUT2D eigenvalue weighted by Gasteiger charge is -2.24. The van der Waals surface area contributed by atoms with Crippen LogP contribution in [0.3, 0.4) is 0 Å². The average molecular weight is 171 g/mol. The van der Waals surface area contributed by atoms with Crippen LogP contribution in [0.5, 0.6) is 0 Å². The van der Waals surface area contributed by atoms with E-state index in [2.05, 4.69) is 5.32 Å². The first-order valence-electron chi connectivity index (χ1n) is 4.63. The highest BCUT2D eigenvalue weighted by Crippen LogP contribution is 2.28. The molecule has 0 spiro atoms. The van der Waals surface area contributed by atoms with Crippen LogP contribution in [-0.2, 0) is 4.79 Å². The Hall–Kier alpha value is -0.570. The molecule has 0 aromatic rings. The number of hydrogen-bond acceptors (Lipinski definition) is 2. The summed E-state index contributed by atoms with van der Waals surface area (Å²) in [5.74, 6) is 0.694. The van der Waals surface area contributed by atoms with Crippen LogP contribution in [0.15, 0.2) is 0 Å². The number of aliphatic hydroxyl groups excluding tert-OH is 1. The molecule has 0 heterocycles. The van der Waals surface area contributed by atoms with Gasteiger partial charge in [0.05, 0.1) is 6.10 Å². The summed E-state index contributed by atoms with van der Waals surface area (Å²) in [6.07, 6.45) is 3.88. The standard InChI is InChI=1S/C9H17NO2/c1-7(11)6-10-9(12)5-8-3-2-4-8/h7-8,11H,2-6H2,1H3,(H,10,12)/t7-/m1/s1. The number of carbonyl (C=O) groups is 1. The van der Waals surface area contributed by atoms with Gasteiger partial charge in [-0.15, -0.1) is 0 Å². The molecule has 0 aromatic carbocycles. The predicted octanol–water partition coefficient (Wildman–Crippen LogP) is 0.674. The van der Waals surface area contributed by atoms with Gasteiger partial charge in [0, 0.05) is 13.0 Å². The minimum absolute atomic E-state index is 0.0839. The van der Waals surface area contributed by atoms with Crippen molar-refractivity contribution < 1.29 is 9.90 Å². The molecule has 1 fully saturated rings. The first-order chi connectivity index (χ1) is 5.68. The summed E-state index contributed by atoms with van der Waals surface area (Å²) in [5, 5.41) is 11.6. The second-order valence-electron chi connectivity index (χ2n) is 3.65. The van der Waals surface area contributed by atoms with Crippen molar-refractivity contribution in [2.45, 2.75) is 38.7 Å². The van der Waals surface area contributed by atoms with Gasteiger partial charge in [-0.05, 0) is 25.7 Å². The first-order valence-corrected chi connectivity index (χ1v) is 4.63. The van der Waals surface area contributed by atoms with E-state index in [0.717, 1.165) is 0 Å². The smallest absolute Gasteiger partial charge is 0.220 e. The van der Waals surface area contributed by atoms with Crippen LogP contribution in [0.2, 0.25) is 0 Å². The van der Waals surface area contributed by atoms with Crippen molar-refractivity contribution in [3.05, 3.63) is 0 Å². The van der Waals surface area contributed by atoms with Crippen LogP contribution in [0.1, 0.15) is 32.6 Å². The molecule has 0 aromatic heterocycles. The molecule has 0 unspecified atom stereocenters. The molecule has 0 bridgehead atoms. The fourth-order valence-electron chi connectivity index (χ4n) is 1.29. The maximum atomic E-state index is 11.1. The zero-order valence-electron chi connectivity index (χ0n) is 7.55. The van der Waals surface area contributed by atoms with E-state index in [1.165, 1.54) is 19.3 Å². The number of amides is 1. The topological polar surface area (TPSA) is 49.3 Å². The van der Waals surface area contributed by atoms with Crippen LogP contribution in [0, 0.1) is 5.92 Å². The molecular weight excluding hydrogens is 154 g/mol. The fourth-order valence-corrected chi connectivity index (χ4v) is 1.29. The number of rotatable bonds is 4. The molecule has 3 heteroatoms. The van der Waals surface area contributed by atoms with Gasteiger partial charge in [-0.3, -0.25) is 4.79 Å². The highest BCUT2D eigenvalue weighted by Gasteiger charge is 2.20. The minimum atomic E-state index is -0.435. The van der Waals surface area contributed by atoms with Crippen LogP contribution >= 0.6 is 0 Å². The maximum Gasteiger partial charge on any atom is 0.220 e. The molecule has 0 aliphatic heterocycles. The lowest BCUT2D eigenvalue weighted by Crippen LogP contribution is -2.32. The van der Waals surface area contributed by atoms with Crippen molar-refractivity contribution in [2.24, 2.45) is 5.92 Å². The lowest BCUT2D eigenvalue weighted by atomic mass is 9.83. The molecule has 1 saturated carbocycles. The van der Waals surface area contributed by atoms with E-state index in [-0.39, 0.29) is 5.91 Å². The van der Waals surface area contributed by atoms with E-state index < -0.39 is 6.10 Å². The van der Waals surface area contributed by atoms with Crippen LogP contribution in [0.25, 0.3) is 0 Å². The molecule has 1 aliphatic rings. The van der Waals surface area contributed by atoms with E-state index in [0.29, 0.717) is 18.9 Å². The fraction of sp³-hybridized carbons (Fsp3) is 0.889. The largest absolute Gasteiger partial charge is 0.392 e. The molecule has 1 amide bonds. The van der Waals surface area contributed by atoms with Crippen molar-refractivity contribution in [2.75, 3.05) is 6.54 Å². The molecule has 0 radical (unpaired) electrons. The highest BCUT2D eigenvalue weighted by atomic mass is 16.3. The summed E-state index contributed by atoms with van der Waals surface area (Å²) in [5.41, 5.74) is 0. The monoisotopic (exact) mass is 171 g/mol. The third kappa shape index (κ3) is 3.22. The summed E-state index contributed by atoms with van der Waals surface area (Å²) in [7, 11) is 0. The summed E-state index contributed by atoms with van der Waals surface area (Å²) < 4.78 is 0. The summed E-state index contributed by atoms with van der Waals surface area (Å²) >= 11 is 0. The summed E-state index contributed by atoms with van der Waals surface area (Å²) in [6, 6.07) is 0. The Balaban J connectivity index is 2.03. The van der Waals surface area contributed by atoms with Gasteiger partial charge in [0.2, 0.25) is 5.91 Å². The number of aliphatic hydroxyl groups is 1. The zero-order chi connectivity index (χ0) is 8.97. The molecule has 3 nitrogen and oxygen atoms in total. The van der Waals surface area contributed by atoms with Crippen LogP contribution in [-0.4, -0.2) is 23.7 Å². The molecule has 70 valence electrons. The van der Waals surface area contributed by atoms with E-state index >= 15 is 0 Å². The molecule has 1 rings (SSSR count). The second kappa shape index (κ2) is 4.45. The van der Waals surface area contributed by atoms with E-state index in [4.69, 9.17) is 5.11 Å². The lowest BCUT2D eigenvalue weighted by molar-refractivity contribution is -0.123. The predicted molar refractivity (Wildman–Crippen MR) is 46.6 cm³/mol. The van der Waals surface area contributed by atoms with Crippen LogP contribution in [0.4, 0.5) is 0 Å². The maximum absolute atomic E-state index is 11.1. The van der Waals surface area contributed by atoms with Crippen molar-refractivity contribution in [3.63, 3.8) is 0 Å². The van der Waals surface area contributed by atoms with Gasteiger partial charge < -0.3 is 10.4 Å². The van der Waals surface area contributed by atoms with Gasteiger partial charge in [0.1, 0.15) is 0 Å². The molecule has 1 aliphatic carbocycles. The molecule has 2 N–H and O–H groups in total. The highest BCUT2D eigenvalue weighted by molar-refractivity contribution is 5.76. The van der Waals surface area contributed by atoms with Gasteiger partial charge >= 0.3 is 0 Å². The molecular formula is C9H17NO2. The minimum Gasteiger partial charge on any atom is -0.392 e. The van der Waals surface area contributed by atoms with Gasteiger partial charge in [-0.2, -0.15) is 0 Å². The summed E-state index contributed by atoms with van der Waals surface area (Å²) in [6.45, 7) is 2.05. The second-order valence-corrected chi connectivity index (χ2v) is 3.65. The Morgan fingerprint density at radius 1 is 1.67 bits per heavy atom. The Morgan fingerprint density at radius 3 is 2.75 bits per heavy atom. The number of hydrogen-bond donors (Lipinski definition) is 2. The Bertz CT molecular complexity index is 153. The molecule has 0 saturated heterocycles. The van der Waals surface area contributed by atoms with Gasteiger partial charge in [0.25, 0.3) is 0 Å². The van der Waals surface area contributed by atoms with Crippen molar-refractivity contribution in [1.82, 2.24) is 5.32 Å². The quantitative estimate of drug-likeness (QED) is 0.653. The van der Waals surface area contributed by atoms with E-state index in [1.54, 1.807) is 6.92 Å². The SMILES string of the molecule is C[C@@H](O)CNC(=O)CC1CCC1. The first kappa shape index (κ1) is 9.52. The normalized spacial score (nSPS) is 19.8. The van der Waals surface area contributed by atoms with Crippen molar-refractivity contribution in [1.29, 1.82) is 0 Å². The summed E-state index contributed by atoms with van der Waals surface area (Å²) in [4.78, 5) is 11.1. The number of carbonyl (C=O) groups excluding carboxylic acids is 1. The third-order valence-electron chi connectivity index (χ3n) is 2.29. The van der Waals surface area contributed by atoms with Gasteiger partial charge in [-0.1, -0.05) is 6.42 Å². The zero-order valence-corrected chi connectivity index (χ0v) is 7.55. The molecule has 1 atom stereocenters. The Morgan fingerprint density at radius 2 is 2.33 bits per heavy atom. The van der Waals surface area contributed by atoms with E-state index in [9.17, 15) is 4.79 Å². The number of nitrogens with one attached hydrogen (secondary N) is 1. The van der Waals surface area contributed by atoms with E-state index in [1.807, 2.05) is 0 Å². The third-order valence-corrected chi connectivity index (χ3v) is 2.29. The Kier molecular flexibility index (Phi) is 3.53. The van der Waals surface area contributed by atoms with Crippen LogP contribution < -0.4 is 5.32 Å². The Labute approximate surface area is 73.2 Å². The van der Waals surface area contributed by atoms with Crippen molar-refractivity contribution >= 4 is 5.91 Å². The van der Waals surface area contributed by atoms with Gasteiger partial charge in [0.15, 0.2) is 0 Å². The molecule has 12 heavy (non-hydrogen) atoms.